The second-order valence-electron chi connectivity index (χ2n) is 5.77. The van der Waals surface area contributed by atoms with Crippen LogP contribution in [0.2, 0.25) is 0 Å². The van der Waals surface area contributed by atoms with Gasteiger partial charge in [-0.1, -0.05) is 12.1 Å². The van der Waals surface area contributed by atoms with Gasteiger partial charge in [0.15, 0.2) is 6.61 Å². The van der Waals surface area contributed by atoms with Crippen molar-refractivity contribution in [2.45, 2.75) is 25.7 Å². The fourth-order valence-electron chi connectivity index (χ4n) is 2.18. The molecule has 8 heteroatoms. The van der Waals surface area contributed by atoms with Gasteiger partial charge in [0.2, 0.25) is 0 Å². The summed E-state index contributed by atoms with van der Waals surface area (Å²) in [5.41, 5.74) is 2.62. The molecule has 2 N–H and O–H groups in total. The van der Waals surface area contributed by atoms with Gasteiger partial charge in [-0.05, 0) is 67.8 Å². The normalized spacial score (nSPS) is 11.9. The molecule has 7 nitrogen and oxygen atoms in total. The standard InChI is InChI=1S/C18H20N2O5S/c1-12-4-5-13(2)17(10-12)26(23,24)20-19-14(3)15-6-8-16(9-7-15)25-11-18(21)22/h4-10,20H,11H2,1-3H3,(H,21,22)/b19-14-. The number of sulfonamides is 1. The summed E-state index contributed by atoms with van der Waals surface area (Å²) in [6, 6.07) is 11.7. The lowest BCUT2D eigenvalue weighted by molar-refractivity contribution is -0.139. The molecular formula is C18H20N2O5S. The van der Waals surface area contributed by atoms with Crippen LogP contribution in [0.1, 0.15) is 23.6 Å². The lowest BCUT2D eigenvalue weighted by Crippen LogP contribution is -2.21. The van der Waals surface area contributed by atoms with Crippen LogP contribution in [0.4, 0.5) is 0 Å². The Hall–Kier alpha value is -2.87. The van der Waals surface area contributed by atoms with Gasteiger partial charge in [0, 0.05) is 0 Å². The van der Waals surface area contributed by atoms with E-state index in [2.05, 4.69) is 9.93 Å². The molecule has 0 radical (unpaired) electrons. The van der Waals surface area contributed by atoms with E-state index in [1.807, 2.05) is 13.0 Å². The highest BCUT2D eigenvalue weighted by Gasteiger charge is 2.16. The molecule has 138 valence electrons. The van der Waals surface area contributed by atoms with Crippen molar-refractivity contribution in [2.24, 2.45) is 5.10 Å². The SMILES string of the molecule is C/C(=N/NS(=O)(=O)c1cc(C)ccc1C)c1ccc(OCC(=O)O)cc1. The molecule has 0 spiro atoms. The molecule has 0 fully saturated rings. The van der Waals surface area contributed by atoms with Crippen molar-refractivity contribution in [3.8, 4) is 5.75 Å². The highest BCUT2D eigenvalue weighted by Crippen LogP contribution is 2.17. The number of nitrogens with one attached hydrogen (secondary N) is 1. The quantitative estimate of drug-likeness (QED) is 0.570. The molecule has 0 aliphatic heterocycles. The van der Waals surface area contributed by atoms with E-state index in [9.17, 15) is 13.2 Å². The van der Waals surface area contributed by atoms with Crippen molar-refractivity contribution in [3.63, 3.8) is 0 Å². The van der Waals surface area contributed by atoms with Crippen LogP contribution in [0.25, 0.3) is 0 Å². The Bertz CT molecular complexity index is 935. The van der Waals surface area contributed by atoms with Gasteiger partial charge in [-0.2, -0.15) is 18.4 Å². The fraction of sp³-hybridized carbons (Fsp3) is 0.222. The number of benzene rings is 2. The van der Waals surface area contributed by atoms with Crippen LogP contribution in [0.15, 0.2) is 52.5 Å². The van der Waals surface area contributed by atoms with Crippen LogP contribution >= 0.6 is 0 Å². The van der Waals surface area contributed by atoms with Crippen molar-refractivity contribution < 1.29 is 23.1 Å². The smallest absolute Gasteiger partial charge is 0.341 e. The van der Waals surface area contributed by atoms with Crippen LogP contribution in [0.5, 0.6) is 5.75 Å². The molecule has 0 bridgehead atoms. The summed E-state index contributed by atoms with van der Waals surface area (Å²) < 4.78 is 29.9. The number of aliphatic carboxylic acids is 1. The molecule has 2 rings (SSSR count). The summed E-state index contributed by atoms with van der Waals surface area (Å²) in [5, 5.41) is 12.5. The molecule has 2 aromatic rings. The molecule has 0 saturated heterocycles. The number of hydrazone groups is 1. The first kappa shape index (κ1) is 19.5. The largest absolute Gasteiger partial charge is 0.482 e. The zero-order valence-electron chi connectivity index (χ0n) is 14.7. The monoisotopic (exact) mass is 376 g/mol. The van der Waals surface area contributed by atoms with Crippen LogP contribution in [0.3, 0.4) is 0 Å². The van der Waals surface area contributed by atoms with Gasteiger partial charge < -0.3 is 9.84 Å². The average molecular weight is 376 g/mol. The molecule has 0 aliphatic carbocycles. The molecule has 0 atom stereocenters. The van der Waals surface area contributed by atoms with Crippen LogP contribution in [-0.4, -0.2) is 31.8 Å². The van der Waals surface area contributed by atoms with Crippen molar-refractivity contribution >= 4 is 21.7 Å². The lowest BCUT2D eigenvalue weighted by Gasteiger charge is -2.09. The third kappa shape index (κ3) is 5.06. The van der Waals surface area contributed by atoms with Crippen molar-refractivity contribution in [1.82, 2.24) is 4.83 Å². The molecule has 0 saturated carbocycles. The highest BCUT2D eigenvalue weighted by atomic mass is 32.2. The van der Waals surface area contributed by atoms with E-state index in [0.717, 1.165) is 5.56 Å². The van der Waals surface area contributed by atoms with Gasteiger partial charge in [0.05, 0.1) is 10.6 Å². The zero-order chi connectivity index (χ0) is 19.3. The lowest BCUT2D eigenvalue weighted by atomic mass is 10.1. The molecule has 0 aliphatic rings. The van der Waals surface area contributed by atoms with E-state index < -0.39 is 22.6 Å². The summed E-state index contributed by atoms with van der Waals surface area (Å²) in [6.07, 6.45) is 0. The van der Waals surface area contributed by atoms with Gasteiger partial charge in [0.1, 0.15) is 5.75 Å². The number of aryl methyl sites for hydroxylation is 2. The number of hydrogen-bond donors (Lipinski definition) is 2. The Kier molecular flexibility index (Phi) is 5.99. The number of hydrogen-bond acceptors (Lipinski definition) is 5. The Labute approximate surface area is 152 Å². The summed E-state index contributed by atoms with van der Waals surface area (Å²) in [5.74, 6) is -0.660. The predicted octanol–water partition coefficient (Wildman–Crippen LogP) is 2.47. The van der Waals surface area contributed by atoms with Gasteiger partial charge in [-0.15, -0.1) is 0 Å². The number of carboxylic acid groups (broad SMARTS) is 1. The summed E-state index contributed by atoms with van der Waals surface area (Å²) in [7, 11) is -3.77. The van der Waals surface area contributed by atoms with E-state index in [0.29, 0.717) is 22.6 Å². The van der Waals surface area contributed by atoms with E-state index in [4.69, 9.17) is 9.84 Å². The molecule has 0 heterocycles. The fourth-order valence-corrected chi connectivity index (χ4v) is 3.36. The van der Waals surface area contributed by atoms with Crippen LogP contribution in [0, 0.1) is 13.8 Å². The maximum atomic E-state index is 12.5. The number of nitrogens with zero attached hydrogens (tertiary/aromatic N) is 1. The maximum absolute atomic E-state index is 12.5. The van der Waals surface area contributed by atoms with Crippen LogP contribution < -0.4 is 9.57 Å². The predicted molar refractivity (Wildman–Crippen MR) is 98.0 cm³/mol. The van der Waals surface area contributed by atoms with Gasteiger partial charge >= 0.3 is 5.97 Å². The third-order valence-electron chi connectivity index (χ3n) is 3.60. The maximum Gasteiger partial charge on any atom is 0.341 e. The third-order valence-corrected chi connectivity index (χ3v) is 4.95. The Balaban J connectivity index is 2.14. The minimum absolute atomic E-state index is 0.187. The van der Waals surface area contributed by atoms with Crippen molar-refractivity contribution in [2.75, 3.05) is 6.61 Å². The van der Waals surface area contributed by atoms with E-state index in [1.54, 1.807) is 50.2 Å². The zero-order valence-corrected chi connectivity index (χ0v) is 15.5. The molecule has 26 heavy (non-hydrogen) atoms. The second-order valence-corrected chi connectivity index (χ2v) is 7.40. The Morgan fingerprint density at radius 2 is 1.81 bits per heavy atom. The summed E-state index contributed by atoms with van der Waals surface area (Å²) >= 11 is 0. The summed E-state index contributed by atoms with van der Waals surface area (Å²) in [6.45, 7) is 4.78. The number of carboxylic acids is 1. The van der Waals surface area contributed by atoms with Gasteiger partial charge in [-0.3, -0.25) is 0 Å². The second kappa shape index (κ2) is 8.01. The number of carbonyl (C=O) groups is 1. The first-order chi connectivity index (χ1) is 12.2. The minimum atomic E-state index is -3.77. The summed E-state index contributed by atoms with van der Waals surface area (Å²) in [4.78, 5) is 12.9. The van der Waals surface area contributed by atoms with E-state index in [-0.39, 0.29) is 4.90 Å². The molecule has 0 amide bonds. The first-order valence-electron chi connectivity index (χ1n) is 7.77. The number of rotatable bonds is 7. The van der Waals surface area contributed by atoms with E-state index in [1.165, 1.54) is 0 Å². The first-order valence-corrected chi connectivity index (χ1v) is 9.26. The van der Waals surface area contributed by atoms with Gasteiger partial charge in [0.25, 0.3) is 10.0 Å². The van der Waals surface area contributed by atoms with E-state index >= 15 is 0 Å². The molecular weight excluding hydrogens is 356 g/mol. The minimum Gasteiger partial charge on any atom is -0.482 e. The van der Waals surface area contributed by atoms with Crippen molar-refractivity contribution in [3.05, 3.63) is 59.2 Å². The molecule has 0 unspecified atom stereocenters. The number of ether oxygens (including phenoxy) is 1. The topological polar surface area (TPSA) is 105 Å². The van der Waals surface area contributed by atoms with Crippen molar-refractivity contribution in [1.29, 1.82) is 0 Å². The van der Waals surface area contributed by atoms with Crippen LogP contribution in [-0.2, 0) is 14.8 Å². The molecule has 0 aromatic heterocycles. The Morgan fingerprint density at radius 3 is 2.42 bits per heavy atom. The van der Waals surface area contributed by atoms with Gasteiger partial charge in [-0.25, -0.2) is 4.79 Å². The Morgan fingerprint density at radius 1 is 1.15 bits per heavy atom. The molecule has 2 aromatic carbocycles. The average Bonchev–Trinajstić information content (AvgIpc) is 2.60. The highest BCUT2D eigenvalue weighted by molar-refractivity contribution is 7.89.